The van der Waals surface area contributed by atoms with E-state index in [2.05, 4.69) is 23.1 Å². The Hall–Kier alpha value is -1.46. The van der Waals surface area contributed by atoms with Crippen LogP contribution in [0.3, 0.4) is 0 Å². The first kappa shape index (κ1) is 13.0. The van der Waals surface area contributed by atoms with Gasteiger partial charge in [0.25, 0.3) is 0 Å². The van der Waals surface area contributed by atoms with Crippen molar-refractivity contribution in [3.63, 3.8) is 0 Å². The highest BCUT2D eigenvalue weighted by Crippen LogP contribution is 2.08. The third-order valence-electron chi connectivity index (χ3n) is 3.27. The first-order chi connectivity index (χ1) is 8.66. The smallest absolute Gasteiger partial charge is 0.224 e. The molecule has 1 fully saturated rings. The molecule has 0 saturated carbocycles. The summed E-state index contributed by atoms with van der Waals surface area (Å²) < 4.78 is 13.4. The second-order valence-electron chi connectivity index (χ2n) is 4.65. The number of carbonyl (C=O) groups excluding carboxylic acids is 1. The van der Waals surface area contributed by atoms with Crippen molar-refractivity contribution < 1.29 is 9.18 Å². The van der Waals surface area contributed by atoms with Crippen molar-refractivity contribution in [2.24, 2.45) is 5.92 Å². The van der Waals surface area contributed by atoms with Gasteiger partial charge < -0.3 is 5.32 Å². The maximum atomic E-state index is 13.4. The molecule has 2 atom stereocenters. The summed E-state index contributed by atoms with van der Waals surface area (Å²) in [5.41, 5.74) is 6.57. The van der Waals surface area contributed by atoms with Crippen LogP contribution in [0.4, 0.5) is 4.39 Å². The van der Waals surface area contributed by atoms with E-state index < -0.39 is 0 Å². The fourth-order valence-electron chi connectivity index (χ4n) is 2.02. The van der Waals surface area contributed by atoms with Crippen LogP contribution in [0.15, 0.2) is 24.3 Å². The fraction of sp³-hybridized carbons (Fsp3) is 0.462. The minimum atomic E-state index is -0.329. The molecule has 4 nitrogen and oxygen atoms in total. The van der Waals surface area contributed by atoms with E-state index >= 15 is 0 Å². The van der Waals surface area contributed by atoms with Gasteiger partial charge >= 0.3 is 0 Å². The number of rotatable bonds is 4. The van der Waals surface area contributed by atoms with Crippen LogP contribution < -0.4 is 16.2 Å². The van der Waals surface area contributed by atoms with Crippen LogP contribution in [0.2, 0.25) is 0 Å². The highest BCUT2D eigenvalue weighted by molar-refractivity contribution is 5.78. The van der Waals surface area contributed by atoms with Gasteiger partial charge in [-0.15, -0.1) is 0 Å². The predicted molar refractivity (Wildman–Crippen MR) is 67.2 cm³/mol. The first-order valence-corrected chi connectivity index (χ1v) is 6.15. The minimum absolute atomic E-state index is 0.0919. The average Bonchev–Trinajstić information content (AvgIpc) is 2.75. The number of benzene rings is 1. The molecule has 0 radical (unpaired) electrons. The Morgan fingerprint density at radius 3 is 2.94 bits per heavy atom. The summed E-state index contributed by atoms with van der Waals surface area (Å²) >= 11 is 0. The summed E-state index contributed by atoms with van der Waals surface area (Å²) in [6.07, 6.45) is 0.0919. The molecular weight excluding hydrogens is 233 g/mol. The molecule has 98 valence electrons. The van der Waals surface area contributed by atoms with Gasteiger partial charge in [0, 0.05) is 25.0 Å². The first-order valence-electron chi connectivity index (χ1n) is 6.15. The third-order valence-corrected chi connectivity index (χ3v) is 3.27. The lowest BCUT2D eigenvalue weighted by Gasteiger charge is -2.14. The van der Waals surface area contributed by atoms with Gasteiger partial charge in [-0.2, -0.15) is 0 Å². The number of carbonyl (C=O) groups is 1. The lowest BCUT2D eigenvalue weighted by Crippen LogP contribution is -2.36. The molecule has 1 aliphatic heterocycles. The number of hydrogen-bond donors (Lipinski definition) is 3. The maximum Gasteiger partial charge on any atom is 0.224 e. The lowest BCUT2D eigenvalue weighted by atomic mass is 10.0. The van der Waals surface area contributed by atoms with Crippen molar-refractivity contribution in [3.05, 3.63) is 35.6 Å². The van der Waals surface area contributed by atoms with E-state index in [0.717, 1.165) is 6.54 Å². The van der Waals surface area contributed by atoms with Gasteiger partial charge in [-0.1, -0.05) is 18.2 Å². The van der Waals surface area contributed by atoms with Crippen molar-refractivity contribution in [3.8, 4) is 0 Å². The highest BCUT2D eigenvalue weighted by Gasteiger charge is 2.22. The standard InChI is InChI=1S/C13H18FN3O/c1-9-11(8-16-17-9)7-15-13(18)6-10-4-2-3-5-12(10)14/h2-5,9,11,16-17H,6-8H2,1H3,(H,15,18). The quantitative estimate of drug-likeness (QED) is 0.734. The van der Waals surface area contributed by atoms with Crippen molar-refractivity contribution >= 4 is 5.91 Å². The van der Waals surface area contributed by atoms with Crippen molar-refractivity contribution in [2.45, 2.75) is 19.4 Å². The molecule has 0 aromatic heterocycles. The molecule has 0 aliphatic carbocycles. The molecule has 1 aliphatic rings. The lowest BCUT2D eigenvalue weighted by molar-refractivity contribution is -0.120. The normalized spacial score (nSPS) is 23.0. The molecule has 3 N–H and O–H groups in total. The maximum absolute atomic E-state index is 13.4. The summed E-state index contributed by atoms with van der Waals surface area (Å²) in [4.78, 5) is 11.7. The highest BCUT2D eigenvalue weighted by atomic mass is 19.1. The van der Waals surface area contributed by atoms with E-state index in [0.29, 0.717) is 24.1 Å². The van der Waals surface area contributed by atoms with Gasteiger partial charge in [0.05, 0.1) is 6.42 Å². The Bertz CT molecular complexity index is 424. The Morgan fingerprint density at radius 1 is 1.50 bits per heavy atom. The molecule has 2 unspecified atom stereocenters. The van der Waals surface area contributed by atoms with Crippen molar-refractivity contribution in [1.82, 2.24) is 16.2 Å². The van der Waals surface area contributed by atoms with Crippen LogP contribution in [-0.2, 0) is 11.2 Å². The molecule has 2 rings (SSSR count). The van der Waals surface area contributed by atoms with Crippen LogP contribution in [0.25, 0.3) is 0 Å². The summed E-state index contributed by atoms with van der Waals surface area (Å²) in [6.45, 7) is 3.50. The Kier molecular flexibility index (Phi) is 4.28. The zero-order valence-electron chi connectivity index (χ0n) is 10.4. The zero-order valence-corrected chi connectivity index (χ0v) is 10.4. The van der Waals surface area contributed by atoms with Gasteiger partial charge in [0.2, 0.25) is 5.91 Å². The molecule has 1 heterocycles. The predicted octanol–water partition coefficient (Wildman–Crippen LogP) is 0.597. The van der Waals surface area contributed by atoms with Gasteiger partial charge in [-0.05, 0) is 18.6 Å². The van der Waals surface area contributed by atoms with E-state index in [1.807, 2.05) is 0 Å². The van der Waals surface area contributed by atoms with Crippen LogP contribution in [0, 0.1) is 11.7 Å². The van der Waals surface area contributed by atoms with Gasteiger partial charge in [-0.3, -0.25) is 15.6 Å². The Labute approximate surface area is 106 Å². The van der Waals surface area contributed by atoms with E-state index in [9.17, 15) is 9.18 Å². The second-order valence-corrected chi connectivity index (χ2v) is 4.65. The topological polar surface area (TPSA) is 53.2 Å². The van der Waals surface area contributed by atoms with E-state index in [4.69, 9.17) is 0 Å². The largest absolute Gasteiger partial charge is 0.355 e. The van der Waals surface area contributed by atoms with Gasteiger partial charge in [-0.25, -0.2) is 4.39 Å². The number of hydrazine groups is 1. The minimum Gasteiger partial charge on any atom is -0.355 e. The monoisotopic (exact) mass is 251 g/mol. The number of halogens is 1. The summed E-state index contributed by atoms with van der Waals surface area (Å²) in [5, 5.41) is 2.85. The SMILES string of the molecule is CC1NNCC1CNC(=O)Cc1ccccc1F. The molecule has 1 saturated heterocycles. The summed E-state index contributed by atoms with van der Waals surface area (Å²) in [5.74, 6) is -0.0982. The Balaban J connectivity index is 1.80. The third kappa shape index (κ3) is 3.27. The molecule has 0 bridgehead atoms. The molecule has 1 aromatic rings. The summed E-state index contributed by atoms with van der Waals surface area (Å²) in [6, 6.07) is 6.69. The molecule has 5 heteroatoms. The average molecular weight is 251 g/mol. The number of hydrogen-bond acceptors (Lipinski definition) is 3. The van der Waals surface area contributed by atoms with Crippen LogP contribution in [0.5, 0.6) is 0 Å². The molecule has 0 spiro atoms. The molecule has 1 aromatic carbocycles. The Morgan fingerprint density at radius 2 is 2.28 bits per heavy atom. The molecule has 1 amide bonds. The van der Waals surface area contributed by atoms with Gasteiger partial charge in [0.15, 0.2) is 0 Å². The van der Waals surface area contributed by atoms with E-state index in [1.165, 1.54) is 6.07 Å². The zero-order chi connectivity index (χ0) is 13.0. The van der Waals surface area contributed by atoms with Crippen LogP contribution >= 0.6 is 0 Å². The summed E-state index contributed by atoms with van der Waals surface area (Å²) in [7, 11) is 0. The molecular formula is C13H18FN3O. The van der Waals surface area contributed by atoms with Gasteiger partial charge in [0.1, 0.15) is 5.82 Å². The van der Waals surface area contributed by atoms with Crippen molar-refractivity contribution in [2.75, 3.05) is 13.1 Å². The van der Waals surface area contributed by atoms with E-state index in [1.54, 1.807) is 18.2 Å². The second kappa shape index (κ2) is 5.93. The fourth-order valence-corrected chi connectivity index (χ4v) is 2.02. The van der Waals surface area contributed by atoms with Crippen molar-refractivity contribution in [1.29, 1.82) is 0 Å². The number of nitrogens with one attached hydrogen (secondary N) is 3. The van der Waals surface area contributed by atoms with Crippen LogP contribution in [0.1, 0.15) is 12.5 Å². The molecule has 18 heavy (non-hydrogen) atoms. The number of amides is 1. The van der Waals surface area contributed by atoms with Crippen LogP contribution in [-0.4, -0.2) is 25.0 Å². The van der Waals surface area contributed by atoms with E-state index in [-0.39, 0.29) is 18.1 Å².